The second-order valence-corrected chi connectivity index (χ2v) is 3.98. The van der Waals surface area contributed by atoms with E-state index in [1.165, 1.54) is 13.3 Å². The highest BCUT2D eigenvalue weighted by Gasteiger charge is 2.10. The Hall–Kier alpha value is -2.87. The van der Waals surface area contributed by atoms with Gasteiger partial charge in [0, 0.05) is 6.20 Å². The molecule has 0 saturated heterocycles. The standard InChI is InChI=1S/C15H12N2O3/c1-19-15-12(9-16)7-11(10-17-15)8-14(18)20-13-5-3-2-4-6-13/h2-7,10H,8H2,1H3. The summed E-state index contributed by atoms with van der Waals surface area (Å²) in [7, 11) is 1.44. The lowest BCUT2D eigenvalue weighted by Gasteiger charge is -2.06. The molecule has 0 bridgehead atoms. The number of aromatic nitrogens is 1. The van der Waals surface area contributed by atoms with Gasteiger partial charge < -0.3 is 9.47 Å². The summed E-state index contributed by atoms with van der Waals surface area (Å²) in [5, 5.41) is 8.96. The number of nitriles is 1. The Balaban J connectivity index is 2.07. The number of hydrogen-bond acceptors (Lipinski definition) is 5. The summed E-state index contributed by atoms with van der Waals surface area (Å²) in [5.41, 5.74) is 0.890. The average molecular weight is 268 g/mol. The van der Waals surface area contributed by atoms with Gasteiger partial charge in [0.2, 0.25) is 5.88 Å². The molecule has 0 radical (unpaired) electrons. The quantitative estimate of drug-likeness (QED) is 0.627. The van der Waals surface area contributed by atoms with E-state index in [-0.39, 0.29) is 17.9 Å². The fourth-order valence-electron chi connectivity index (χ4n) is 1.66. The van der Waals surface area contributed by atoms with Crippen molar-refractivity contribution in [3.8, 4) is 17.7 Å². The Labute approximate surface area is 116 Å². The third-order valence-corrected chi connectivity index (χ3v) is 2.54. The number of pyridine rings is 1. The van der Waals surface area contributed by atoms with Crippen LogP contribution in [-0.2, 0) is 11.2 Å². The van der Waals surface area contributed by atoms with Crippen LogP contribution in [-0.4, -0.2) is 18.1 Å². The fraction of sp³-hybridized carbons (Fsp3) is 0.133. The van der Waals surface area contributed by atoms with Crippen LogP contribution in [0.1, 0.15) is 11.1 Å². The second kappa shape index (κ2) is 6.34. The Morgan fingerprint density at radius 1 is 1.35 bits per heavy atom. The number of rotatable bonds is 4. The predicted octanol–water partition coefficient (Wildman–Crippen LogP) is 2.11. The summed E-state index contributed by atoms with van der Waals surface area (Å²) in [5.74, 6) is 0.319. The van der Waals surface area contributed by atoms with E-state index in [0.717, 1.165) is 0 Å². The molecule has 1 heterocycles. The first-order valence-electron chi connectivity index (χ1n) is 5.91. The van der Waals surface area contributed by atoms with Gasteiger partial charge in [-0.15, -0.1) is 0 Å². The number of hydrogen-bond donors (Lipinski definition) is 0. The van der Waals surface area contributed by atoms with Crippen molar-refractivity contribution in [1.82, 2.24) is 4.98 Å². The average Bonchev–Trinajstić information content (AvgIpc) is 2.48. The molecule has 0 saturated carbocycles. The lowest BCUT2D eigenvalue weighted by Crippen LogP contribution is -2.11. The molecule has 0 atom stereocenters. The maximum Gasteiger partial charge on any atom is 0.315 e. The minimum Gasteiger partial charge on any atom is -0.480 e. The third-order valence-electron chi connectivity index (χ3n) is 2.54. The van der Waals surface area contributed by atoms with E-state index in [9.17, 15) is 4.79 Å². The van der Waals surface area contributed by atoms with Crippen molar-refractivity contribution in [2.24, 2.45) is 0 Å². The summed E-state index contributed by atoms with van der Waals surface area (Å²) < 4.78 is 10.1. The van der Waals surface area contributed by atoms with Crippen molar-refractivity contribution in [3.63, 3.8) is 0 Å². The highest BCUT2D eigenvalue weighted by atomic mass is 16.5. The summed E-state index contributed by atoms with van der Waals surface area (Å²) in [6.07, 6.45) is 1.53. The van der Waals surface area contributed by atoms with Crippen LogP contribution in [0.5, 0.6) is 11.6 Å². The number of benzene rings is 1. The van der Waals surface area contributed by atoms with E-state index < -0.39 is 5.97 Å². The van der Waals surface area contributed by atoms with Gasteiger partial charge in [0.15, 0.2) is 0 Å². The monoisotopic (exact) mass is 268 g/mol. The Kier molecular flexibility index (Phi) is 4.30. The molecule has 5 heteroatoms. The molecule has 1 aromatic carbocycles. The molecule has 5 nitrogen and oxygen atoms in total. The SMILES string of the molecule is COc1ncc(CC(=O)Oc2ccccc2)cc1C#N. The first-order valence-corrected chi connectivity index (χ1v) is 5.91. The molecule has 0 aliphatic rings. The predicted molar refractivity (Wildman–Crippen MR) is 71.3 cm³/mol. The Morgan fingerprint density at radius 3 is 2.75 bits per heavy atom. The van der Waals surface area contributed by atoms with Crippen molar-refractivity contribution >= 4 is 5.97 Å². The van der Waals surface area contributed by atoms with Crippen LogP contribution >= 0.6 is 0 Å². The van der Waals surface area contributed by atoms with Gasteiger partial charge in [0.1, 0.15) is 17.4 Å². The lowest BCUT2D eigenvalue weighted by molar-refractivity contribution is -0.133. The van der Waals surface area contributed by atoms with E-state index in [1.54, 1.807) is 30.3 Å². The van der Waals surface area contributed by atoms with Gasteiger partial charge >= 0.3 is 5.97 Å². The van der Waals surface area contributed by atoms with Crippen molar-refractivity contribution in [2.75, 3.05) is 7.11 Å². The molecule has 2 rings (SSSR count). The van der Waals surface area contributed by atoms with Gasteiger partial charge in [0.05, 0.1) is 13.5 Å². The fourth-order valence-corrected chi connectivity index (χ4v) is 1.66. The van der Waals surface area contributed by atoms with Crippen LogP contribution in [0.15, 0.2) is 42.6 Å². The minimum absolute atomic E-state index is 0.0422. The summed E-state index contributed by atoms with van der Waals surface area (Å²) >= 11 is 0. The molecule has 0 aliphatic heterocycles. The van der Waals surface area contributed by atoms with Gasteiger partial charge in [-0.25, -0.2) is 4.98 Å². The van der Waals surface area contributed by atoms with E-state index in [4.69, 9.17) is 14.7 Å². The highest BCUT2D eigenvalue weighted by Crippen LogP contribution is 2.16. The lowest BCUT2D eigenvalue weighted by atomic mass is 10.1. The first-order chi connectivity index (χ1) is 9.72. The molecule has 20 heavy (non-hydrogen) atoms. The van der Waals surface area contributed by atoms with Crippen LogP contribution in [0.25, 0.3) is 0 Å². The number of nitrogens with zero attached hydrogens (tertiary/aromatic N) is 2. The Morgan fingerprint density at radius 2 is 2.10 bits per heavy atom. The zero-order valence-electron chi connectivity index (χ0n) is 10.9. The molecule has 100 valence electrons. The highest BCUT2D eigenvalue weighted by molar-refractivity contribution is 5.75. The topological polar surface area (TPSA) is 72.2 Å². The van der Waals surface area contributed by atoms with Gasteiger partial charge in [-0.05, 0) is 23.8 Å². The molecular weight excluding hydrogens is 256 g/mol. The van der Waals surface area contributed by atoms with Gasteiger partial charge in [-0.3, -0.25) is 4.79 Å². The van der Waals surface area contributed by atoms with Crippen molar-refractivity contribution < 1.29 is 14.3 Å². The molecule has 0 fully saturated rings. The summed E-state index contributed by atoms with van der Waals surface area (Å²) in [6, 6.07) is 12.3. The largest absolute Gasteiger partial charge is 0.480 e. The van der Waals surface area contributed by atoms with E-state index in [1.807, 2.05) is 12.1 Å². The number of carbonyl (C=O) groups is 1. The minimum atomic E-state index is -0.410. The van der Waals surface area contributed by atoms with E-state index in [0.29, 0.717) is 11.3 Å². The van der Waals surface area contributed by atoms with Crippen LogP contribution < -0.4 is 9.47 Å². The molecule has 0 amide bonds. The van der Waals surface area contributed by atoms with Crippen LogP contribution in [0.3, 0.4) is 0 Å². The number of ether oxygens (including phenoxy) is 2. The van der Waals surface area contributed by atoms with Crippen molar-refractivity contribution in [1.29, 1.82) is 5.26 Å². The summed E-state index contributed by atoms with van der Waals surface area (Å²) in [6.45, 7) is 0. The van der Waals surface area contributed by atoms with E-state index in [2.05, 4.69) is 4.98 Å². The molecule has 0 N–H and O–H groups in total. The smallest absolute Gasteiger partial charge is 0.315 e. The first kappa shape index (κ1) is 13.6. The van der Waals surface area contributed by atoms with Gasteiger partial charge in [-0.2, -0.15) is 5.26 Å². The number of methoxy groups -OCH3 is 1. The molecular formula is C15H12N2O3. The molecule has 0 unspecified atom stereocenters. The van der Waals surface area contributed by atoms with Crippen LogP contribution in [0, 0.1) is 11.3 Å². The van der Waals surface area contributed by atoms with Crippen molar-refractivity contribution in [2.45, 2.75) is 6.42 Å². The zero-order chi connectivity index (χ0) is 14.4. The van der Waals surface area contributed by atoms with Crippen molar-refractivity contribution in [3.05, 3.63) is 53.7 Å². The maximum atomic E-state index is 11.8. The zero-order valence-corrected chi connectivity index (χ0v) is 10.9. The van der Waals surface area contributed by atoms with Gasteiger partial charge in [0.25, 0.3) is 0 Å². The molecule has 2 aromatic rings. The molecule has 0 aliphatic carbocycles. The molecule has 1 aromatic heterocycles. The number of para-hydroxylation sites is 1. The third kappa shape index (κ3) is 3.33. The number of carbonyl (C=O) groups excluding carboxylic acids is 1. The van der Waals surface area contributed by atoms with Crippen LogP contribution in [0.2, 0.25) is 0 Å². The van der Waals surface area contributed by atoms with E-state index >= 15 is 0 Å². The maximum absolute atomic E-state index is 11.8. The summed E-state index contributed by atoms with van der Waals surface area (Å²) in [4.78, 5) is 15.7. The Bertz CT molecular complexity index is 648. The van der Waals surface area contributed by atoms with Gasteiger partial charge in [-0.1, -0.05) is 18.2 Å². The second-order valence-electron chi connectivity index (χ2n) is 3.98. The van der Waals surface area contributed by atoms with Crippen LogP contribution in [0.4, 0.5) is 0 Å². The molecule has 0 spiro atoms. The normalized spacial score (nSPS) is 9.60. The number of esters is 1.